The zero-order chi connectivity index (χ0) is 10.1. The van der Waals surface area contributed by atoms with E-state index >= 15 is 0 Å². The Morgan fingerprint density at radius 1 is 1.50 bits per heavy atom. The molecule has 14 heavy (non-hydrogen) atoms. The summed E-state index contributed by atoms with van der Waals surface area (Å²) in [6, 6.07) is 5.48. The van der Waals surface area contributed by atoms with E-state index in [-0.39, 0.29) is 6.61 Å². The number of hydrogen-bond acceptors (Lipinski definition) is 3. The Morgan fingerprint density at radius 3 is 3.00 bits per heavy atom. The van der Waals surface area contributed by atoms with Crippen LogP contribution in [0.4, 0.5) is 0 Å². The average molecular weight is 210 g/mol. The second kappa shape index (κ2) is 3.65. The zero-order valence-electron chi connectivity index (χ0n) is 7.46. The third-order valence-electron chi connectivity index (χ3n) is 2.18. The normalized spacial score (nSPS) is 13.4. The highest BCUT2D eigenvalue weighted by Crippen LogP contribution is 2.21. The highest BCUT2D eigenvalue weighted by molar-refractivity contribution is 7.14. The van der Waals surface area contributed by atoms with Gasteiger partial charge in [0.1, 0.15) is 6.10 Å². The van der Waals surface area contributed by atoms with Gasteiger partial charge in [-0.1, -0.05) is 12.1 Å². The van der Waals surface area contributed by atoms with Crippen LogP contribution in [-0.2, 0) is 0 Å². The molecule has 0 aliphatic carbocycles. The number of aromatic nitrogens is 2. The fourth-order valence-electron chi connectivity index (χ4n) is 1.37. The predicted molar refractivity (Wildman–Crippen MR) is 56.9 cm³/mol. The van der Waals surface area contributed by atoms with Gasteiger partial charge in [0.05, 0.1) is 18.3 Å². The minimum Gasteiger partial charge on any atom is -0.393 e. The van der Waals surface area contributed by atoms with Gasteiger partial charge in [0.25, 0.3) is 0 Å². The second-order valence-electron chi connectivity index (χ2n) is 3.11. The maximum absolute atomic E-state index is 9.43. The number of rotatable bonds is 2. The fraction of sp³-hybridized carbons (Fsp3) is 0.222. The van der Waals surface area contributed by atoms with E-state index in [1.807, 2.05) is 12.1 Å². The van der Waals surface area contributed by atoms with Gasteiger partial charge in [0.2, 0.25) is 0 Å². The summed E-state index contributed by atoms with van der Waals surface area (Å²) in [6.07, 6.45) is 0.927. The van der Waals surface area contributed by atoms with Crippen LogP contribution in [0.25, 0.3) is 10.9 Å². The van der Waals surface area contributed by atoms with Crippen LogP contribution < -0.4 is 0 Å². The van der Waals surface area contributed by atoms with Crippen molar-refractivity contribution in [3.05, 3.63) is 30.0 Å². The van der Waals surface area contributed by atoms with Gasteiger partial charge in [-0.05, 0) is 21.0 Å². The first-order valence-electron chi connectivity index (χ1n) is 4.24. The molecule has 1 aromatic heterocycles. The third-order valence-corrected chi connectivity index (χ3v) is 2.59. The van der Waals surface area contributed by atoms with Gasteiger partial charge in [-0.15, -0.1) is 0 Å². The Hall–Kier alpha value is -0.960. The SMILES string of the molecule is OCC(O)c1ccc2cnn(P)c2c1. The topological polar surface area (TPSA) is 58.3 Å². The summed E-state index contributed by atoms with van der Waals surface area (Å²) >= 11 is 0. The van der Waals surface area contributed by atoms with E-state index in [1.165, 1.54) is 0 Å². The molecule has 1 heterocycles. The van der Waals surface area contributed by atoms with Crippen LogP contribution in [0.15, 0.2) is 24.4 Å². The van der Waals surface area contributed by atoms with Crippen molar-refractivity contribution in [2.75, 3.05) is 6.61 Å². The van der Waals surface area contributed by atoms with Crippen LogP contribution in [0.2, 0.25) is 0 Å². The fourth-order valence-corrected chi connectivity index (χ4v) is 1.66. The summed E-state index contributed by atoms with van der Waals surface area (Å²) in [7, 11) is 2.46. The molecule has 0 bridgehead atoms. The quantitative estimate of drug-likeness (QED) is 0.717. The van der Waals surface area contributed by atoms with Gasteiger partial charge in [-0.25, -0.2) is 0 Å². The van der Waals surface area contributed by atoms with Crippen molar-refractivity contribution in [1.29, 1.82) is 0 Å². The van der Waals surface area contributed by atoms with Crippen LogP contribution in [0.5, 0.6) is 0 Å². The van der Waals surface area contributed by atoms with Crippen molar-refractivity contribution in [2.24, 2.45) is 0 Å². The van der Waals surface area contributed by atoms with Crippen LogP contribution in [-0.4, -0.2) is 26.4 Å². The molecule has 0 saturated carbocycles. The Bertz CT molecular complexity index is 455. The molecule has 1 aromatic carbocycles. The Kier molecular flexibility index (Phi) is 2.50. The maximum atomic E-state index is 9.43. The van der Waals surface area contributed by atoms with Gasteiger partial charge < -0.3 is 10.2 Å². The summed E-state index contributed by atoms with van der Waals surface area (Å²) in [5.74, 6) is 0. The van der Waals surface area contributed by atoms with Crippen LogP contribution >= 0.6 is 9.39 Å². The van der Waals surface area contributed by atoms with Crippen molar-refractivity contribution < 1.29 is 10.2 Å². The molecule has 74 valence electrons. The molecule has 2 rings (SSSR count). The van der Waals surface area contributed by atoms with Crippen LogP contribution in [0.3, 0.4) is 0 Å². The first-order valence-corrected chi connectivity index (χ1v) is 4.75. The lowest BCUT2D eigenvalue weighted by molar-refractivity contribution is 0.0957. The highest BCUT2D eigenvalue weighted by atomic mass is 31.0. The van der Waals surface area contributed by atoms with Crippen molar-refractivity contribution in [2.45, 2.75) is 6.10 Å². The van der Waals surface area contributed by atoms with E-state index < -0.39 is 6.10 Å². The molecular weight excluding hydrogens is 199 g/mol. The molecule has 0 amide bonds. The standard InChI is InChI=1S/C9H11N2O2P/c12-5-9(13)6-1-2-7-4-10-11(14)8(7)3-6/h1-4,9,12-13H,5,14H2. The molecule has 4 nitrogen and oxygen atoms in total. The molecule has 2 aromatic rings. The van der Waals surface area contributed by atoms with E-state index in [4.69, 9.17) is 5.11 Å². The van der Waals surface area contributed by atoms with Crippen LogP contribution in [0.1, 0.15) is 11.7 Å². The molecule has 0 aliphatic heterocycles. The van der Waals surface area contributed by atoms with Gasteiger partial charge >= 0.3 is 0 Å². The molecule has 2 N–H and O–H groups in total. The molecule has 2 unspecified atom stereocenters. The van der Waals surface area contributed by atoms with Crippen molar-refractivity contribution >= 4 is 20.3 Å². The summed E-state index contributed by atoms with van der Waals surface area (Å²) in [5, 5.41) is 23.3. The smallest absolute Gasteiger partial charge is 0.102 e. The lowest BCUT2D eigenvalue weighted by atomic mass is 10.1. The molecule has 2 atom stereocenters. The van der Waals surface area contributed by atoms with Crippen molar-refractivity contribution in [1.82, 2.24) is 9.55 Å². The monoisotopic (exact) mass is 210 g/mol. The van der Waals surface area contributed by atoms with E-state index in [0.29, 0.717) is 5.56 Å². The summed E-state index contributed by atoms with van der Waals surface area (Å²) in [5.41, 5.74) is 1.62. The predicted octanol–water partition coefficient (Wildman–Crippen LogP) is 0.700. The lowest BCUT2D eigenvalue weighted by Gasteiger charge is -2.07. The van der Waals surface area contributed by atoms with Gasteiger partial charge in [0.15, 0.2) is 0 Å². The largest absolute Gasteiger partial charge is 0.393 e. The van der Waals surface area contributed by atoms with E-state index in [2.05, 4.69) is 14.5 Å². The van der Waals surface area contributed by atoms with Crippen molar-refractivity contribution in [3.8, 4) is 0 Å². The molecular formula is C9H11N2O2P. The summed E-state index contributed by atoms with van der Waals surface area (Å²) in [4.78, 5) is 0. The number of nitrogens with zero attached hydrogens (tertiary/aromatic N) is 2. The Balaban J connectivity index is 2.54. The van der Waals surface area contributed by atoms with E-state index in [1.54, 1.807) is 16.7 Å². The molecule has 0 radical (unpaired) electrons. The first-order chi connectivity index (χ1) is 6.72. The Morgan fingerprint density at radius 2 is 2.29 bits per heavy atom. The molecule has 0 fully saturated rings. The van der Waals surface area contributed by atoms with Crippen molar-refractivity contribution in [3.63, 3.8) is 0 Å². The van der Waals surface area contributed by atoms with E-state index in [9.17, 15) is 5.11 Å². The number of hydrogen-bond donors (Lipinski definition) is 2. The molecule has 5 heteroatoms. The van der Waals surface area contributed by atoms with Gasteiger partial charge in [-0.2, -0.15) is 5.10 Å². The third kappa shape index (κ3) is 1.52. The minimum atomic E-state index is -0.820. The van der Waals surface area contributed by atoms with E-state index in [0.717, 1.165) is 10.9 Å². The Labute approximate surface area is 83.4 Å². The number of fused-ring (bicyclic) bond motifs is 1. The van der Waals surface area contributed by atoms with Gasteiger partial charge in [-0.3, -0.25) is 4.45 Å². The zero-order valence-corrected chi connectivity index (χ0v) is 8.61. The number of aliphatic hydroxyl groups excluding tert-OH is 2. The second-order valence-corrected chi connectivity index (χ2v) is 3.59. The number of benzene rings is 1. The minimum absolute atomic E-state index is 0.267. The highest BCUT2D eigenvalue weighted by Gasteiger charge is 2.07. The first kappa shape index (κ1) is 9.59. The summed E-state index contributed by atoms with van der Waals surface area (Å²) < 4.78 is 1.66. The average Bonchev–Trinajstić information content (AvgIpc) is 2.59. The van der Waals surface area contributed by atoms with Gasteiger partial charge in [0, 0.05) is 5.39 Å². The van der Waals surface area contributed by atoms with Crippen LogP contribution in [0, 0.1) is 0 Å². The molecule has 0 saturated heterocycles. The summed E-state index contributed by atoms with van der Waals surface area (Å²) in [6.45, 7) is -0.267. The molecule has 0 aliphatic rings. The lowest BCUT2D eigenvalue weighted by Crippen LogP contribution is -2.02. The number of aliphatic hydroxyl groups is 2. The molecule has 0 spiro atoms. The maximum Gasteiger partial charge on any atom is 0.102 e.